The highest BCUT2D eigenvalue weighted by atomic mass is 16.5. The van der Waals surface area contributed by atoms with Crippen LogP contribution in [0, 0.1) is 11.3 Å². The highest BCUT2D eigenvalue weighted by Crippen LogP contribution is 2.34. The van der Waals surface area contributed by atoms with E-state index in [0.29, 0.717) is 43.7 Å². The Labute approximate surface area is 242 Å². The quantitative estimate of drug-likeness (QED) is 0.297. The molecule has 3 aromatic rings. The summed E-state index contributed by atoms with van der Waals surface area (Å²) in [6.45, 7) is 6.48. The SMILES string of the molecule is COCCCN1CCOc2ccc(CO[C@H]3CNCC[C@@H]3c3ccc(OCCOc4cccc(C#N)c4)cc3)cc21. The van der Waals surface area contributed by atoms with E-state index in [1.807, 2.05) is 24.3 Å². The van der Waals surface area contributed by atoms with Crippen LogP contribution in [0.3, 0.4) is 0 Å². The molecule has 1 fully saturated rings. The lowest BCUT2D eigenvalue weighted by Gasteiger charge is -2.33. The van der Waals surface area contributed by atoms with Gasteiger partial charge in [-0.2, -0.15) is 5.26 Å². The van der Waals surface area contributed by atoms with Gasteiger partial charge in [-0.25, -0.2) is 0 Å². The molecule has 3 aromatic carbocycles. The number of fused-ring (bicyclic) bond motifs is 1. The number of ether oxygens (including phenoxy) is 5. The normalized spacial score (nSPS) is 18.2. The minimum absolute atomic E-state index is 0.0816. The molecule has 2 aliphatic rings. The Balaban J connectivity index is 1.13. The van der Waals surface area contributed by atoms with Crippen LogP contribution in [-0.2, 0) is 16.1 Å². The minimum atomic E-state index is 0.0816. The van der Waals surface area contributed by atoms with Crippen molar-refractivity contribution in [3.63, 3.8) is 0 Å². The average molecular weight is 558 g/mol. The average Bonchev–Trinajstić information content (AvgIpc) is 3.03. The predicted octanol–water partition coefficient (Wildman–Crippen LogP) is 4.91. The van der Waals surface area contributed by atoms with Crippen molar-refractivity contribution in [3.05, 3.63) is 83.4 Å². The molecule has 1 N–H and O–H groups in total. The van der Waals surface area contributed by atoms with Gasteiger partial charge in [0.1, 0.15) is 37.1 Å². The molecular weight excluding hydrogens is 518 g/mol. The van der Waals surface area contributed by atoms with Crippen LogP contribution in [0.1, 0.15) is 35.4 Å². The van der Waals surface area contributed by atoms with Gasteiger partial charge in [0.2, 0.25) is 0 Å². The number of nitrogens with one attached hydrogen (secondary N) is 1. The molecular formula is C33H39N3O5. The number of piperidine rings is 1. The maximum atomic E-state index is 9.02. The third-order valence-corrected chi connectivity index (χ3v) is 7.54. The second-order valence-corrected chi connectivity index (χ2v) is 10.3. The molecule has 0 bridgehead atoms. The Morgan fingerprint density at radius 3 is 2.68 bits per heavy atom. The maximum absolute atomic E-state index is 9.02. The smallest absolute Gasteiger partial charge is 0.142 e. The lowest BCUT2D eigenvalue weighted by atomic mass is 9.87. The third-order valence-electron chi connectivity index (χ3n) is 7.54. The van der Waals surface area contributed by atoms with Crippen LogP contribution < -0.4 is 24.4 Å². The zero-order chi connectivity index (χ0) is 28.3. The zero-order valence-electron chi connectivity index (χ0n) is 23.7. The second-order valence-electron chi connectivity index (χ2n) is 10.3. The number of rotatable bonds is 13. The molecule has 2 aliphatic heterocycles. The van der Waals surface area contributed by atoms with E-state index in [-0.39, 0.29) is 6.10 Å². The summed E-state index contributed by atoms with van der Waals surface area (Å²) >= 11 is 0. The van der Waals surface area contributed by atoms with E-state index in [9.17, 15) is 0 Å². The van der Waals surface area contributed by atoms with Crippen LogP contribution in [0.4, 0.5) is 5.69 Å². The molecule has 0 unspecified atom stereocenters. The molecule has 0 saturated carbocycles. The van der Waals surface area contributed by atoms with Gasteiger partial charge in [-0.3, -0.25) is 0 Å². The molecule has 2 atom stereocenters. The van der Waals surface area contributed by atoms with Crippen molar-refractivity contribution in [3.8, 4) is 23.3 Å². The first-order chi connectivity index (χ1) is 20.2. The molecule has 0 aromatic heterocycles. The van der Waals surface area contributed by atoms with Crippen molar-refractivity contribution >= 4 is 5.69 Å². The number of hydrogen-bond acceptors (Lipinski definition) is 8. The van der Waals surface area contributed by atoms with Gasteiger partial charge in [-0.1, -0.05) is 24.3 Å². The lowest BCUT2D eigenvalue weighted by molar-refractivity contribution is 0.0106. The maximum Gasteiger partial charge on any atom is 0.142 e. The summed E-state index contributed by atoms with van der Waals surface area (Å²) in [6, 6.07) is 24.0. The minimum Gasteiger partial charge on any atom is -0.490 e. The summed E-state index contributed by atoms with van der Waals surface area (Å²) in [4.78, 5) is 2.38. The van der Waals surface area contributed by atoms with E-state index in [4.69, 9.17) is 28.9 Å². The van der Waals surface area contributed by atoms with Gasteiger partial charge < -0.3 is 33.9 Å². The van der Waals surface area contributed by atoms with Crippen LogP contribution in [0.15, 0.2) is 66.7 Å². The number of hydrogen-bond donors (Lipinski definition) is 1. The monoisotopic (exact) mass is 557 g/mol. The van der Waals surface area contributed by atoms with E-state index < -0.39 is 0 Å². The van der Waals surface area contributed by atoms with Gasteiger partial charge >= 0.3 is 0 Å². The van der Waals surface area contributed by atoms with Crippen molar-refractivity contribution in [2.24, 2.45) is 0 Å². The largest absolute Gasteiger partial charge is 0.490 e. The van der Waals surface area contributed by atoms with Crippen molar-refractivity contribution in [2.45, 2.75) is 31.5 Å². The second kappa shape index (κ2) is 14.7. The number of nitrogens with zero attached hydrogens (tertiary/aromatic N) is 2. The van der Waals surface area contributed by atoms with Crippen molar-refractivity contribution in [1.82, 2.24) is 5.32 Å². The van der Waals surface area contributed by atoms with E-state index in [0.717, 1.165) is 68.4 Å². The molecule has 8 heteroatoms. The van der Waals surface area contributed by atoms with Gasteiger partial charge in [0.25, 0.3) is 0 Å². The van der Waals surface area contributed by atoms with E-state index >= 15 is 0 Å². The lowest BCUT2D eigenvalue weighted by Crippen LogP contribution is -2.41. The van der Waals surface area contributed by atoms with Crippen molar-refractivity contribution in [2.75, 3.05) is 64.6 Å². The fraction of sp³-hybridized carbons (Fsp3) is 0.424. The van der Waals surface area contributed by atoms with Crippen LogP contribution in [0.5, 0.6) is 17.2 Å². The Morgan fingerprint density at radius 2 is 1.85 bits per heavy atom. The standard InChI is InChI=1S/C33H39N3O5/c1-37-16-3-14-36-15-17-40-32-11-6-26(21-31(32)36)24-41-33-23-35-13-12-30(33)27-7-9-28(10-8-27)38-18-19-39-29-5-2-4-25(20-29)22-34/h2,4-11,20-21,30,33,35H,3,12-19,23-24H2,1H3/t30-,33+/m1/s1. The Kier molecular flexibility index (Phi) is 10.3. The van der Waals surface area contributed by atoms with Crippen molar-refractivity contribution < 1.29 is 23.7 Å². The van der Waals surface area contributed by atoms with Crippen LogP contribution in [0.2, 0.25) is 0 Å². The fourth-order valence-corrected chi connectivity index (χ4v) is 5.42. The first kappa shape index (κ1) is 28.7. The summed E-state index contributed by atoms with van der Waals surface area (Å²) in [6.07, 6.45) is 2.09. The highest BCUT2D eigenvalue weighted by Gasteiger charge is 2.27. The molecule has 41 heavy (non-hydrogen) atoms. The van der Waals surface area contributed by atoms with Gasteiger partial charge in [0.05, 0.1) is 36.6 Å². The molecule has 0 radical (unpaired) electrons. The van der Waals surface area contributed by atoms with E-state index in [1.54, 1.807) is 19.2 Å². The fourth-order valence-electron chi connectivity index (χ4n) is 5.42. The van der Waals surface area contributed by atoms with Crippen LogP contribution in [0.25, 0.3) is 0 Å². The summed E-state index contributed by atoms with van der Waals surface area (Å²) in [5.74, 6) is 2.73. The first-order valence-electron chi connectivity index (χ1n) is 14.4. The number of nitriles is 1. The number of anilines is 1. The molecule has 216 valence electrons. The summed E-state index contributed by atoms with van der Waals surface area (Å²) in [7, 11) is 1.75. The van der Waals surface area contributed by atoms with Crippen LogP contribution in [-0.4, -0.2) is 65.8 Å². The molecule has 0 amide bonds. The third kappa shape index (κ3) is 7.92. The molecule has 8 nitrogen and oxygen atoms in total. The van der Waals surface area contributed by atoms with Gasteiger partial charge in [-0.05, 0) is 73.0 Å². The molecule has 5 rings (SSSR count). The molecule has 0 spiro atoms. The van der Waals surface area contributed by atoms with Gasteiger partial charge in [0.15, 0.2) is 0 Å². The van der Waals surface area contributed by atoms with Gasteiger partial charge in [0, 0.05) is 32.7 Å². The Morgan fingerprint density at radius 1 is 1.00 bits per heavy atom. The first-order valence-corrected chi connectivity index (χ1v) is 14.4. The Bertz CT molecular complexity index is 1290. The van der Waals surface area contributed by atoms with Crippen molar-refractivity contribution in [1.29, 1.82) is 5.26 Å². The molecule has 2 heterocycles. The summed E-state index contributed by atoms with van der Waals surface area (Å²) < 4.78 is 29.3. The predicted molar refractivity (Wildman–Crippen MR) is 158 cm³/mol. The summed E-state index contributed by atoms with van der Waals surface area (Å²) in [5.41, 5.74) is 4.14. The zero-order valence-corrected chi connectivity index (χ0v) is 23.7. The van der Waals surface area contributed by atoms with Gasteiger partial charge in [-0.15, -0.1) is 0 Å². The molecule has 1 saturated heterocycles. The summed E-state index contributed by atoms with van der Waals surface area (Å²) in [5, 5.41) is 12.5. The molecule has 0 aliphatic carbocycles. The number of methoxy groups -OCH3 is 1. The topological polar surface area (TPSA) is 85.2 Å². The highest BCUT2D eigenvalue weighted by molar-refractivity contribution is 5.61. The van der Waals surface area contributed by atoms with E-state index in [2.05, 4.69) is 46.6 Å². The van der Waals surface area contributed by atoms with E-state index in [1.165, 1.54) is 5.56 Å². The number of benzene rings is 3. The Hall–Kier alpha value is -3.77. The van der Waals surface area contributed by atoms with Crippen LogP contribution >= 0.6 is 0 Å².